The van der Waals surface area contributed by atoms with E-state index in [4.69, 9.17) is 0 Å². The van der Waals surface area contributed by atoms with Crippen molar-refractivity contribution in [2.75, 3.05) is 13.1 Å². The third-order valence-electron chi connectivity index (χ3n) is 4.83. The fourth-order valence-electron chi connectivity index (χ4n) is 3.47. The van der Waals surface area contributed by atoms with Crippen LogP contribution in [0.2, 0.25) is 0 Å². The lowest BCUT2D eigenvalue weighted by Crippen LogP contribution is -2.30. The van der Waals surface area contributed by atoms with E-state index in [0.717, 1.165) is 30.4 Å². The van der Waals surface area contributed by atoms with Crippen LogP contribution < -0.4 is 0 Å². The zero-order valence-electron chi connectivity index (χ0n) is 12.3. The highest BCUT2D eigenvalue weighted by molar-refractivity contribution is 5.96. The zero-order valence-corrected chi connectivity index (χ0v) is 12.3. The van der Waals surface area contributed by atoms with E-state index in [9.17, 15) is 14.7 Å². The SMILES string of the molecule is CCc1ccccc1C(=O)N1C[C@H](C(=O)O)[C@@H](C2CC2)C1. The largest absolute Gasteiger partial charge is 0.481 e. The van der Waals surface area contributed by atoms with E-state index >= 15 is 0 Å². The zero-order chi connectivity index (χ0) is 15.0. The van der Waals surface area contributed by atoms with Gasteiger partial charge in [0.15, 0.2) is 0 Å². The number of nitrogens with zero attached hydrogens (tertiary/aromatic N) is 1. The quantitative estimate of drug-likeness (QED) is 0.925. The van der Waals surface area contributed by atoms with Crippen LogP contribution in [0.1, 0.15) is 35.7 Å². The second-order valence-corrected chi connectivity index (χ2v) is 6.17. The molecule has 1 aromatic rings. The molecule has 1 amide bonds. The van der Waals surface area contributed by atoms with Gasteiger partial charge < -0.3 is 10.0 Å². The van der Waals surface area contributed by atoms with E-state index in [-0.39, 0.29) is 11.8 Å². The fraction of sp³-hybridized carbons (Fsp3) is 0.529. The number of carboxylic acids is 1. The van der Waals surface area contributed by atoms with Gasteiger partial charge in [-0.15, -0.1) is 0 Å². The van der Waals surface area contributed by atoms with Crippen molar-refractivity contribution >= 4 is 11.9 Å². The molecule has 1 saturated heterocycles. The van der Waals surface area contributed by atoms with Gasteiger partial charge in [0.1, 0.15) is 0 Å². The second-order valence-electron chi connectivity index (χ2n) is 6.17. The van der Waals surface area contributed by atoms with Crippen molar-refractivity contribution in [3.8, 4) is 0 Å². The summed E-state index contributed by atoms with van der Waals surface area (Å²) in [6.07, 6.45) is 3.04. The van der Waals surface area contributed by atoms with E-state index in [0.29, 0.717) is 19.0 Å². The number of carbonyl (C=O) groups excluding carboxylic acids is 1. The standard InChI is InChI=1S/C17H21NO3/c1-2-11-5-3-4-6-13(11)16(19)18-9-14(12-7-8-12)15(10-18)17(20)21/h3-6,12,14-15H,2,7-10H2,1H3,(H,20,21)/t14-,15+/m1/s1. The number of carboxylic acid groups (broad SMARTS) is 1. The van der Waals surface area contributed by atoms with Crippen LogP contribution in [-0.2, 0) is 11.2 Å². The minimum absolute atomic E-state index is 0.0122. The van der Waals surface area contributed by atoms with Gasteiger partial charge in [-0.25, -0.2) is 0 Å². The predicted octanol–water partition coefficient (Wildman–Crippen LogP) is 2.43. The van der Waals surface area contributed by atoms with Gasteiger partial charge in [0.25, 0.3) is 5.91 Å². The summed E-state index contributed by atoms with van der Waals surface area (Å²) in [5, 5.41) is 9.39. The molecule has 2 aliphatic rings. The van der Waals surface area contributed by atoms with Gasteiger partial charge in [0.2, 0.25) is 0 Å². The van der Waals surface area contributed by atoms with Crippen LogP contribution >= 0.6 is 0 Å². The van der Waals surface area contributed by atoms with E-state index in [1.165, 1.54) is 0 Å². The first-order chi connectivity index (χ1) is 10.1. The van der Waals surface area contributed by atoms with Gasteiger partial charge in [0, 0.05) is 18.7 Å². The normalized spacial score (nSPS) is 25.1. The molecule has 112 valence electrons. The topological polar surface area (TPSA) is 57.6 Å². The Hall–Kier alpha value is -1.84. The van der Waals surface area contributed by atoms with Crippen molar-refractivity contribution in [3.63, 3.8) is 0 Å². The molecule has 1 heterocycles. The Labute approximate surface area is 124 Å². The average molecular weight is 287 g/mol. The number of hydrogen-bond donors (Lipinski definition) is 1. The molecule has 1 saturated carbocycles. The third-order valence-corrected chi connectivity index (χ3v) is 4.83. The number of aliphatic carboxylic acids is 1. The fourth-order valence-corrected chi connectivity index (χ4v) is 3.47. The summed E-state index contributed by atoms with van der Waals surface area (Å²) >= 11 is 0. The minimum atomic E-state index is -0.758. The van der Waals surface area contributed by atoms with Crippen molar-refractivity contribution in [2.24, 2.45) is 17.8 Å². The van der Waals surface area contributed by atoms with Crippen molar-refractivity contribution < 1.29 is 14.7 Å². The molecular formula is C17H21NO3. The van der Waals surface area contributed by atoms with Crippen LogP contribution in [0.4, 0.5) is 0 Å². The van der Waals surface area contributed by atoms with Gasteiger partial charge in [-0.05, 0) is 42.7 Å². The van der Waals surface area contributed by atoms with Crippen LogP contribution in [0.25, 0.3) is 0 Å². The molecule has 4 heteroatoms. The summed E-state index contributed by atoms with van der Waals surface area (Å²) in [5.74, 6) is -0.520. The molecule has 2 fully saturated rings. The summed E-state index contributed by atoms with van der Waals surface area (Å²) in [6, 6.07) is 7.62. The van der Waals surface area contributed by atoms with E-state index in [1.807, 2.05) is 31.2 Å². The summed E-state index contributed by atoms with van der Waals surface area (Å²) in [7, 11) is 0. The predicted molar refractivity (Wildman–Crippen MR) is 79.1 cm³/mol. The molecule has 4 nitrogen and oxygen atoms in total. The second kappa shape index (κ2) is 5.51. The molecule has 0 spiro atoms. The van der Waals surface area contributed by atoms with Gasteiger partial charge in [-0.2, -0.15) is 0 Å². The van der Waals surface area contributed by atoms with Crippen LogP contribution in [0.5, 0.6) is 0 Å². The van der Waals surface area contributed by atoms with E-state index in [2.05, 4.69) is 0 Å². The van der Waals surface area contributed by atoms with E-state index < -0.39 is 11.9 Å². The van der Waals surface area contributed by atoms with Crippen LogP contribution in [0.3, 0.4) is 0 Å². The van der Waals surface area contributed by atoms with Crippen molar-refractivity contribution in [1.82, 2.24) is 4.90 Å². The lowest BCUT2D eigenvalue weighted by Gasteiger charge is -2.18. The van der Waals surface area contributed by atoms with Crippen LogP contribution in [0.15, 0.2) is 24.3 Å². The summed E-state index contributed by atoms with van der Waals surface area (Å²) in [6.45, 7) is 2.98. The molecule has 0 aromatic heterocycles. The maximum Gasteiger partial charge on any atom is 0.308 e. The number of rotatable bonds is 4. The average Bonchev–Trinajstić information content (AvgIpc) is 3.24. The highest BCUT2D eigenvalue weighted by Gasteiger charge is 2.47. The van der Waals surface area contributed by atoms with Crippen molar-refractivity contribution in [2.45, 2.75) is 26.2 Å². The molecule has 21 heavy (non-hydrogen) atoms. The maximum atomic E-state index is 12.7. The highest BCUT2D eigenvalue weighted by atomic mass is 16.4. The summed E-state index contributed by atoms with van der Waals surface area (Å²) < 4.78 is 0. The number of aryl methyl sites for hydroxylation is 1. The van der Waals surface area contributed by atoms with Gasteiger partial charge >= 0.3 is 5.97 Å². The summed E-state index contributed by atoms with van der Waals surface area (Å²) in [4.78, 5) is 25.9. The molecule has 1 aromatic carbocycles. The Balaban J connectivity index is 1.81. The van der Waals surface area contributed by atoms with Gasteiger partial charge in [0.05, 0.1) is 5.92 Å². The molecule has 1 aliphatic carbocycles. The molecule has 1 aliphatic heterocycles. The summed E-state index contributed by atoms with van der Waals surface area (Å²) in [5.41, 5.74) is 1.75. The Morgan fingerprint density at radius 1 is 1.24 bits per heavy atom. The number of benzene rings is 1. The minimum Gasteiger partial charge on any atom is -0.481 e. The molecule has 1 N–H and O–H groups in total. The molecule has 2 atom stereocenters. The third kappa shape index (κ3) is 2.67. The molecule has 0 radical (unpaired) electrons. The van der Waals surface area contributed by atoms with Crippen molar-refractivity contribution in [3.05, 3.63) is 35.4 Å². The highest BCUT2D eigenvalue weighted by Crippen LogP contribution is 2.44. The Morgan fingerprint density at radius 2 is 1.95 bits per heavy atom. The molecule has 3 rings (SSSR count). The van der Waals surface area contributed by atoms with E-state index in [1.54, 1.807) is 4.90 Å². The van der Waals surface area contributed by atoms with Gasteiger partial charge in [-0.3, -0.25) is 9.59 Å². The Bertz CT molecular complexity index is 565. The smallest absolute Gasteiger partial charge is 0.308 e. The maximum absolute atomic E-state index is 12.7. The van der Waals surface area contributed by atoms with Crippen molar-refractivity contribution in [1.29, 1.82) is 0 Å². The van der Waals surface area contributed by atoms with Crippen LogP contribution in [-0.4, -0.2) is 35.0 Å². The Kier molecular flexibility index (Phi) is 3.70. The monoisotopic (exact) mass is 287 g/mol. The first kappa shape index (κ1) is 14.1. The number of amides is 1. The molecule has 0 bridgehead atoms. The number of carbonyl (C=O) groups is 2. The molecular weight excluding hydrogens is 266 g/mol. The van der Waals surface area contributed by atoms with Gasteiger partial charge in [-0.1, -0.05) is 25.1 Å². The molecule has 0 unspecified atom stereocenters. The lowest BCUT2D eigenvalue weighted by atomic mass is 9.92. The number of likely N-dealkylation sites (tertiary alicyclic amines) is 1. The number of hydrogen-bond acceptors (Lipinski definition) is 2. The van der Waals surface area contributed by atoms with Crippen LogP contribution in [0, 0.1) is 17.8 Å². The first-order valence-electron chi connectivity index (χ1n) is 7.71. The lowest BCUT2D eigenvalue weighted by molar-refractivity contribution is -0.142. The Morgan fingerprint density at radius 3 is 2.57 bits per heavy atom. The first-order valence-corrected chi connectivity index (χ1v) is 7.71.